The van der Waals surface area contributed by atoms with Crippen molar-refractivity contribution in [2.75, 3.05) is 5.75 Å². The highest BCUT2D eigenvalue weighted by atomic mass is 35.5. The number of nitrogens with zero attached hydrogens (tertiary/aromatic N) is 4. The van der Waals surface area contributed by atoms with Crippen LogP contribution in [-0.4, -0.2) is 33.8 Å². The molecule has 0 aromatic carbocycles. The summed E-state index contributed by atoms with van der Waals surface area (Å²) in [6.07, 6.45) is 6.04. The molecule has 2 heterocycles. The Kier molecular flexibility index (Phi) is 4.03. The van der Waals surface area contributed by atoms with Crippen LogP contribution in [0, 0.1) is 0 Å². The molecule has 0 radical (unpaired) electrons. The molecule has 0 amide bonds. The van der Waals surface area contributed by atoms with Gasteiger partial charge in [0.2, 0.25) is 0 Å². The van der Waals surface area contributed by atoms with Crippen LogP contribution < -0.4 is 4.68 Å². The summed E-state index contributed by atoms with van der Waals surface area (Å²) in [5, 5.41) is 4.45. The van der Waals surface area contributed by atoms with E-state index < -0.39 is 10.1 Å². The van der Waals surface area contributed by atoms with Gasteiger partial charge in [-0.3, -0.25) is 4.55 Å². The van der Waals surface area contributed by atoms with Crippen LogP contribution in [0.25, 0.3) is 11.4 Å². The molecule has 0 bridgehead atoms. The minimum Gasteiger partial charge on any atom is -0.285 e. The van der Waals surface area contributed by atoms with Gasteiger partial charge in [0.05, 0.1) is 5.02 Å². The molecule has 7 nitrogen and oxygen atoms in total. The fourth-order valence-electron chi connectivity index (χ4n) is 1.32. The minimum absolute atomic E-state index is 0.0700. The number of halogens is 1. The molecule has 0 aliphatic carbocycles. The molecule has 0 spiro atoms. The summed E-state index contributed by atoms with van der Waals surface area (Å²) in [4.78, 5) is 8.07. The van der Waals surface area contributed by atoms with E-state index in [1.807, 2.05) is 0 Å². The van der Waals surface area contributed by atoms with Crippen LogP contribution in [0.1, 0.15) is 0 Å². The van der Waals surface area contributed by atoms with E-state index in [9.17, 15) is 8.42 Å². The van der Waals surface area contributed by atoms with E-state index in [1.165, 1.54) is 23.3 Å². The van der Waals surface area contributed by atoms with Crippen LogP contribution in [-0.2, 0) is 16.7 Å². The highest BCUT2D eigenvalue weighted by Gasteiger charge is 2.11. The number of rotatable bonds is 4. The normalized spacial score (nSPS) is 11.5. The van der Waals surface area contributed by atoms with E-state index >= 15 is 0 Å². The Morgan fingerprint density at radius 1 is 1.26 bits per heavy atom. The lowest BCUT2D eigenvalue weighted by Crippen LogP contribution is -2.40. The molecule has 0 fully saturated rings. The van der Waals surface area contributed by atoms with Gasteiger partial charge in [0.15, 0.2) is 18.6 Å². The number of hydrogen-bond acceptors (Lipinski definition) is 5. The first kappa shape index (κ1) is 13.8. The molecular formula is C10H10ClN4O3S+. The van der Waals surface area contributed by atoms with Gasteiger partial charge in [-0.25, -0.2) is 9.97 Å². The Balaban J connectivity index is 2.12. The van der Waals surface area contributed by atoms with Gasteiger partial charge in [-0.15, -0.1) is 0 Å². The molecular weight excluding hydrogens is 292 g/mol. The first-order valence-electron chi connectivity index (χ1n) is 5.23. The monoisotopic (exact) mass is 301 g/mol. The molecule has 1 N–H and O–H groups in total. The van der Waals surface area contributed by atoms with Crippen molar-refractivity contribution in [1.82, 2.24) is 15.1 Å². The number of hydrogen-bond donors (Lipinski definition) is 1. The SMILES string of the molecule is O=S(=O)(O)CC[n+]1ccc(-c2ncc(Cl)cn2)cn1. The van der Waals surface area contributed by atoms with Crippen molar-refractivity contribution in [3.63, 3.8) is 0 Å². The van der Waals surface area contributed by atoms with Crippen LogP contribution in [0.3, 0.4) is 0 Å². The van der Waals surface area contributed by atoms with Gasteiger partial charge < -0.3 is 0 Å². The summed E-state index contributed by atoms with van der Waals surface area (Å²) in [7, 11) is -3.99. The van der Waals surface area contributed by atoms with Gasteiger partial charge in [0.25, 0.3) is 10.1 Å². The van der Waals surface area contributed by atoms with Crippen molar-refractivity contribution in [2.24, 2.45) is 0 Å². The van der Waals surface area contributed by atoms with Gasteiger partial charge in [0, 0.05) is 24.0 Å². The summed E-state index contributed by atoms with van der Waals surface area (Å²) in [6, 6.07) is 1.69. The molecule has 0 aliphatic heterocycles. The van der Waals surface area contributed by atoms with Crippen LogP contribution in [0.5, 0.6) is 0 Å². The molecule has 2 rings (SSSR count). The second-order valence-corrected chi connectivity index (χ2v) is 5.70. The van der Waals surface area contributed by atoms with E-state index in [2.05, 4.69) is 15.1 Å². The number of aryl methyl sites for hydroxylation is 1. The smallest absolute Gasteiger partial charge is 0.271 e. The third-order valence-corrected chi connectivity index (χ3v) is 3.12. The lowest BCUT2D eigenvalue weighted by Gasteiger charge is -1.98. The zero-order valence-electron chi connectivity index (χ0n) is 9.64. The Labute approximate surface area is 114 Å². The zero-order chi connectivity index (χ0) is 13.9. The maximum Gasteiger partial charge on any atom is 0.271 e. The first-order valence-corrected chi connectivity index (χ1v) is 7.21. The minimum atomic E-state index is -3.99. The molecule has 0 atom stereocenters. The topological polar surface area (TPSA) is 96.9 Å². The van der Waals surface area contributed by atoms with Gasteiger partial charge in [0.1, 0.15) is 11.9 Å². The highest BCUT2D eigenvalue weighted by Crippen LogP contribution is 2.12. The predicted molar refractivity (Wildman–Crippen MR) is 66.9 cm³/mol. The first-order chi connectivity index (χ1) is 8.94. The molecule has 0 saturated carbocycles. The van der Waals surface area contributed by atoms with Crippen LogP contribution in [0.2, 0.25) is 5.02 Å². The molecule has 9 heteroatoms. The van der Waals surface area contributed by atoms with E-state index in [4.69, 9.17) is 16.2 Å². The molecule has 2 aromatic heterocycles. The standard InChI is InChI=1S/C10H9ClN4O3S/c11-9-6-12-10(13-7-9)8-1-2-15(14-5-8)3-4-19(16,17)18/h1-2,5-7H,3-4H2/p+1. The van der Waals surface area contributed by atoms with Crippen LogP contribution in [0.4, 0.5) is 0 Å². The van der Waals surface area contributed by atoms with Crippen molar-refractivity contribution in [1.29, 1.82) is 0 Å². The summed E-state index contributed by atoms with van der Waals surface area (Å²) in [5.41, 5.74) is 0.680. The third kappa shape index (κ3) is 4.19. The summed E-state index contributed by atoms with van der Waals surface area (Å²) >= 11 is 5.68. The Hall–Kier alpha value is -1.64. The lowest BCUT2D eigenvalue weighted by molar-refractivity contribution is -0.750. The highest BCUT2D eigenvalue weighted by molar-refractivity contribution is 7.85. The molecule has 0 saturated heterocycles. The summed E-state index contributed by atoms with van der Waals surface area (Å²) < 4.78 is 31.2. The van der Waals surface area contributed by atoms with Crippen LogP contribution in [0.15, 0.2) is 30.9 Å². The largest absolute Gasteiger partial charge is 0.285 e. The fourth-order valence-corrected chi connectivity index (χ4v) is 1.83. The van der Waals surface area contributed by atoms with Gasteiger partial charge in [-0.1, -0.05) is 16.3 Å². The van der Waals surface area contributed by atoms with Crippen molar-refractivity contribution in [3.05, 3.63) is 35.9 Å². The fraction of sp³-hybridized carbons (Fsp3) is 0.200. The predicted octanol–water partition coefficient (Wildman–Crippen LogP) is 0.367. The Morgan fingerprint density at radius 2 is 1.95 bits per heavy atom. The van der Waals surface area contributed by atoms with Crippen molar-refractivity contribution in [2.45, 2.75) is 6.54 Å². The average Bonchev–Trinajstić information content (AvgIpc) is 2.37. The Bertz CT molecular complexity index is 658. The van der Waals surface area contributed by atoms with Crippen molar-refractivity contribution in [3.8, 4) is 11.4 Å². The second kappa shape index (κ2) is 5.55. The average molecular weight is 302 g/mol. The lowest BCUT2D eigenvalue weighted by atomic mass is 10.3. The van der Waals surface area contributed by atoms with E-state index in [-0.39, 0.29) is 12.3 Å². The van der Waals surface area contributed by atoms with Crippen molar-refractivity contribution < 1.29 is 17.7 Å². The Morgan fingerprint density at radius 3 is 2.47 bits per heavy atom. The van der Waals surface area contributed by atoms with Gasteiger partial charge >= 0.3 is 0 Å². The molecule has 0 unspecified atom stereocenters. The maximum atomic E-state index is 10.6. The van der Waals surface area contributed by atoms with Gasteiger partial charge in [-0.05, 0) is 5.10 Å². The zero-order valence-corrected chi connectivity index (χ0v) is 11.2. The van der Waals surface area contributed by atoms with E-state index in [0.717, 1.165) is 0 Å². The summed E-state index contributed by atoms with van der Waals surface area (Å²) in [5.74, 6) is 0.0837. The van der Waals surface area contributed by atoms with Gasteiger partial charge in [-0.2, -0.15) is 8.42 Å². The quantitative estimate of drug-likeness (QED) is 0.647. The molecule has 100 valence electrons. The molecule has 2 aromatic rings. The maximum absolute atomic E-state index is 10.6. The second-order valence-electron chi connectivity index (χ2n) is 3.69. The summed E-state index contributed by atoms with van der Waals surface area (Å²) in [6.45, 7) is 0.0700. The van der Waals surface area contributed by atoms with Crippen molar-refractivity contribution >= 4 is 21.7 Å². The third-order valence-electron chi connectivity index (χ3n) is 2.23. The van der Waals surface area contributed by atoms with Crippen LogP contribution >= 0.6 is 11.6 Å². The van der Waals surface area contributed by atoms with E-state index in [0.29, 0.717) is 16.4 Å². The molecule has 19 heavy (non-hydrogen) atoms. The van der Waals surface area contributed by atoms with E-state index in [1.54, 1.807) is 12.3 Å². The molecule has 0 aliphatic rings. The number of aromatic nitrogens is 4.